The van der Waals surface area contributed by atoms with Gasteiger partial charge in [-0.05, 0) is 59.2 Å². The number of H-pyrrole nitrogens is 1. The lowest BCUT2D eigenvalue weighted by Gasteiger charge is -2.27. The number of nitrogens with two attached hydrogens (primary N) is 1. The molecule has 37 heavy (non-hydrogen) atoms. The number of carbonyl (C=O) groups excluding carboxylic acids is 2. The van der Waals surface area contributed by atoms with Crippen molar-refractivity contribution in [1.29, 1.82) is 0 Å². The van der Waals surface area contributed by atoms with Crippen molar-refractivity contribution in [2.45, 2.75) is 6.54 Å². The fourth-order valence-corrected chi connectivity index (χ4v) is 4.62. The van der Waals surface area contributed by atoms with Crippen molar-refractivity contribution in [3.05, 3.63) is 72.6 Å². The Morgan fingerprint density at radius 1 is 1.03 bits per heavy atom. The van der Waals surface area contributed by atoms with Crippen LogP contribution in [0.15, 0.2) is 67.0 Å². The Bertz CT molecular complexity index is 1440. The minimum Gasteiger partial charge on any atom is -0.378 e. The third-order valence-electron chi connectivity index (χ3n) is 6.44. The number of amides is 1. The predicted octanol–water partition coefficient (Wildman–Crippen LogP) is 3.89. The molecule has 4 aromatic rings. The van der Waals surface area contributed by atoms with E-state index in [1.807, 2.05) is 48.7 Å². The van der Waals surface area contributed by atoms with Crippen LogP contribution < -0.4 is 21.3 Å². The summed E-state index contributed by atoms with van der Waals surface area (Å²) in [7, 11) is 0. The highest BCUT2D eigenvalue weighted by atomic mass is 16.5. The van der Waals surface area contributed by atoms with Gasteiger partial charge in [-0.1, -0.05) is 12.1 Å². The summed E-state index contributed by atoms with van der Waals surface area (Å²) in [5, 5.41) is 6.83. The number of morpholine rings is 1. The van der Waals surface area contributed by atoms with Gasteiger partial charge in [0.1, 0.15) is 12.1 Å². The third-order valence-corrected chi connectivity index (χ3v) is 6.44. The number of nitrogens with zero attached hydrogens (tertiary/aromatic N) is 2. The Hall–Kier alpha value is -4.47. The van der Waals surface area contributed by atoms with E-state index in [1.165, 1.54) is 6.08 Å². The molecular formula is C28H28N6O3. The molecule has 1 aliphatic heterocycles. The van der Waals surface area contributed by atoms with Crippen molar-refractivity contribution >= 4 is 40.8 Å². The lowest BCUT2D eigenvalue weighted by atomic mass is 9.95. The molecule has 3 heterocycles. The number of allylic oxidation sites excluding steroid dienone is 1. The zero-order valence-corrected chi connectivity index (χ0v) is 20.2. The molecule has 188 valence electrons. The number of hydrogen-bond acceptors (Lipinski definition) is 7. The first-order chi connectivity index (χ1) is 18.2. The quantitative estimate of drug-likeness (QED) is 0.205. The number of aldehydes is 1. The molecule has 1 fully saturated rings. The van der Waals surface area contributed by atoms with Gasteiger partial charge in [0.2, 0.25) is 6.41 Å². The largest absolute Gasteiger partial charge is 0.378 e. The Morgan fingerprint density at radius 2 is 1.86 bits per heavy atom. The summed E-state index contributed by atoms with van der Waals surface area (Å²) in [4.78, 5) is 32.2. The van der Waals surface area contributed by atoms with Gasteiger partial charge in [0.15, 0.2) is 0 Å². The van der Waals surface area contributed by atoms with E-state index in [2.05, 4.69) is 31.6 Å². The van der Waals surface area contributed by atoms with E-state index in [9.17, 15) is 9.59 Å². The summed E-state index contributed by atoms with van der Waals surface area (Å²) in [6, 6.07) is 15.9. The monoisotopic (exact) mass is 496 g/mol. The minimum atomic E-state index is 0.336. The van der Waals surface area contributed by atoms with Crippen molar-refractivity contribution in [2.24, 2.45) is 5.73 Å². The van der Waals surface area contributed by atoms with Crippen molar-refractivity contribution in [2.75, 3.05) is 41.8 Å². The molecule has 0 atom stereocenters. The Balaban J connectivity index is 1.55. The third kappa shape index (κ3) is 5.09. The van der Waals surface area contributed by atoms with Crippen molar-refractivity contribution < 1.29 is 14.3 Å². The van der Waals surface area contributed by atoms with Gasteiger partial charge in [0, 0.05) is 54.4 Å². The van der Waals surface area contributed by atoms with E-state index in [4.69, 9.17) is 10.5 Å². The average Bonchev–Trinajstić information content (AvgIpc) is 3.40. The number of fused-ring (bicyclic) bond motifs is 1. The predicted molar refractivity (Wildman–Crippen MR) is 146 cm³/mol. The molecule has 2 aromatic carbocycles. The fourth-order valence-electron chi connectivity index (χ4n) is 4.62. The van der Waals surface area contributed by atoms with Crippen LogP contribution in [0.2, 0.25) is 0 Å². The molecule has 9 heteroatoms. The molecule has 5 rings (SSSR count). The Labute approximate surface area is 214 Å². The van der Waals surface area contributed by atoms with Gasteiger partial charge in [-0.15, -0.1) is 0 Å². The molecule has 0 aliphatic carbocycles. The van der Waals surface area contributed by atoms with Gasteiger partial charge in [-0.3, -0.25) is 9.59 Å². The van der Waals surface area contributed by atoms with Crippen molar-refractivity contribution in [1.82, 2.24) is 9.97 Å². The summed E-state index contributed by atoms with van der Waals surface area (Å²) < 4.78 is 5.44. The van der Waals surface area contributed by atoms with Crippen LogP contribution in [0.25, 0.3) is 33.3 Å². The van der Waals surface area contributed by atoms with Gasteiger partial charge < -0.3 is 31.0 Å². The number of pyridine rings is 1. The summed E-state index contributed by atoms with van der Waals surface area (Å²) in [5.74, 6) is 0.927. The standard InChI is InChI=1S/C28H28N6O3/c29-16-20-14-21(30-8-1-11-35)3-4-22(20)23-5-6-25(32-18-36)28-24(23)15-26(33-28)19-2-7-27(31-17-19)34-9-12-37-13-10-34/h1-8,11,14-15,17-18,30,33H,9-10,12-13,16,29H2,(H,32,36). The van der Waals surface area contributed by atoms with Crippen molar-refractivity contribution in [3.8, 4) is 22.4 Å². The molecule has 0 bridgehead atoms. The molecule has 0 unspecified atom stereocenters. The second-order valence-corrected chi connectivity index (χ2v) is 8.61. The van der Waals surface area contributed by atoms with E-state index in [1.54, 1.807) is 6.20 Å². The molecule has 1 amide bonds. The minimum absolute atomic E-state index is 0.336. The van der Waals surface area contributed by atoms with Gasteiger partial charge in [0.05, 0.1) is 24.4 Å². The first-order valence-electron chi connectivity index (χ1n) is 12.1. The van der Waals surface area contributed by atoms with Crippen LogP contribution in [0.4, 0.5) is 17.2 Å². The Kier molecular flexibility index (Phi) is 7.25. The molecule has 9 nitrogen and oxygen atoms in total. The highest BCUT2D eigenvalue weighted by Crippen LogP contribution is 2.38. The highest BCUT2D eigenvalue weighted by molar-refractivity contribution is 6.06. The zero-order chi connectivity index (χ0) is 25.6. The lowest BCUT2D eigenvalue weighted by Crippen LogP contribution is -2.36. The fraction of sp³-hybridized carbons (Fsp3) is 0.179. The van der Waals surface area contributed by atoms with Gasteiger partial charge in [-0.25, -0.2) is 4.98 Å². The second-order valence-electron chi connectivity index (χ2n) is 8.61. The Morgan fingerprint density at radius 3 is 2.59 bits per heavy atom. The number of carbonyl (C=O) groups is 2. The first kappa shape index (κ1) is 24.2. The van der Waals surface area contributed by atoms with Crippen LogP contribution in [0.3, 0.4) is 0 Å². The number of benzene rings is 2. The van der Waals surface area contributed by atoms with E-state index >= 15 is 0 Å². The number of nitrogens with one attached hydrogen (secondary N) is 3. The van der Waals surface area contributed by atoms with E-state index in [0.717, 1.165) is 63.4 Å². The van der Waals surface area contributed by atoms with Crippen LogP contribution in [0.5, 0.6) is 0 Å². The van der Waals surface area contributed by atoms with Crippen LogP contribution in [0.1, 0.15) is 5.56 Å². The maximum atomic E-state index is 11.3. The normalized spacial score (nSPS) is 13.7. The number of anilines is 3. The molecule has 2 aromatic heterocycles. The smallest absolute Gasteiger partial charge is 0.211 e. The number of hydrogen-bond donors (Lipinski definition) is 4. The topological polar surface area (TPSA) is 125 Å². The maximum absolute atomic E-state index is 11.3. The second kappa shape index (κ2) is 11.1. The molecule has 1 aliphatic rings. The molecule has 0 saturated carbocycles. The first-order valence-corrected chi connectivity index (χ1v) is 12.1. The highest BCUT2D eigenvalue weighted by Gasteiger charge is 2.16. The van der Waals surface area contributed by atoms with E-state index in [-0.39, 0.29) is 0 Å². The van der Waals surface area contributed by atoms with Crippen LogP contribution in [-0.2, 0) is 20.9 Å². The lowest BCUT2D eigenvalue weighted by molar-refractivity contribution is -0.105. The van der Waals surface area contributed by atoms with E-state index in [0.29, 0.717) is 38.1 Å². The number of aromatic amines is 1. The molecule has 0 radical (unpaired) electrons. The summed E-state index contributed by atoms with van der Waals surface area (Å²) >= 11 is 0. The zero-order valence-electron chi connectivity index (χ0n) is 20.2. The number of aromatic nitrogens is 2. The molecule has 5 N–H and O–H groups in total. The molecule has 1 saturated heterocycles. The van der Waals surface area contributed by atoms with E-state index < -0.39 is 0 Å². The average molecular weight is 497 g/mol. The van der Waals surface area contributed by atoms with Crippen LogP contribution in [-0.4, -0.2) is 49.0 Å². The summed E-state index contributed by atoms with van der Waals surface area (Å²) in [6.07, 6.45) is 6.22. The summed E-state index contributed by atoms with van der Waals surface area (Å²) in [5.41, 5.74) is 13.2. The number of rotatable bonds is 9. The molecule has 0 spiro atoms. The van der Waals surface area contributed by atoms with Crippen molar-refractivity contribution in [3.63, 3.8) is 0 Å². The molecular weight excluding hydrogens is 468 g/mol. The van der Waals surface area contributed by atoms with Gasteiger partial charge in [0.25, 0.3) is 0 Å². The maximum Gasteiger partial charge on any atom is 0.211 e. The van der Waals surface area contributed by atoms with Gasteiger partial charge >= 0.3 is 0 Å². The van der Waals surface area contributed by atoms with Crippen LogP contribution in [0, 0.1) is 0 Å². The summed E-state index contributed by atoms with van der Waals surface area (Å²) in [6.45, 7) is 3.40. The van der Waals surface area contributed by atoms with Crippen LogP contribution >= 0.6 is 0 Å². The van der Waals surface area contributed by atoms with Gasteiger partial charge in [-0.2, -0.15) is 0 Å². The SMILES string of the molecule is NCc1cc(NC=CC=O)ccc1-c1ccc(NC=O)c2[nH]c(-c3ccc(N4CCOCC4)nc3)cc12. The number of ether oxygens (including phenoxy) is 1.